The number of hydrogen-bond acceptors (Lipinski definition) is 4. The van der Waals surface area contributed by atoms with E-state index in [-0.39, 0.29) is 0 Å². The second-order valence-corrected chi connectivity index (χ2v) is 3.49. The van der Waals surface area contributed by atoms with Crippen LogP contribution in [0.3, 0.4) is 0 Å². The van der Waals surface area contributed by atoms with Crippen molar-refractivity contribution < 1.29 is 24.0 Å². The second kappa shape index (κ2) is 5.44. The summed E-state index contributed by atoms with van der Waals surface area (Å²) in [6.45, 7) is -0.571. The summed E-state index contributed by atoms with van der Waals surface area (Å²) >= 11 is 5.33. The molecule has 0 radical (unpaired) electrons. The van der Waals surface area contributed by atoms with E-state index in [0.717, 1.165) is 18.2 Å². The van der Waals surface area contributed by atoms with E-state index in [2.05, 4.69) is 0 Å². The molecule has 1 aromatic rings. The van der Waals surface area contributed by atoms with Crippen LogP contribution in [0.15, 0.2) is 18.2 Å². The Labute approximate surface area is 99.7 Å². The minimum atomic E-state index is -1.41. The third-order valence-corrected chi connectivity index (χ3v) is 2.10. The number of alkyl halides is 1. The van der Waals surface area contributed by atoms with E-state index in [4.69, 9.17) is 21.4 Å². The number of ether oxygens (including phenoxy) is 1. The highest BCUT2D eigenvalue weighted by molar-refractivity contribution is 6.29. The number of nitrogens with zero attached hydrogens (tertiary/aromatic N) is 1. The molecule has 6 nitrogen and oxygen atoms in total. The average molecular weight is 264 g/mol. The van der Waals surface area contributed by atoms with Gasteiger partial charge >= 0.3 is 11.7 Å². The number of carboxylic acid groups (broad SMARTS) is 1. The van der Waals surface area contributed by atoms with Crippen LogP contribution >= 0.6 is 11.6 Å². The highest BCUT2D eigenvalue weighted by atomic mass is 35.5. The minimum absolute atomic E-state index is 0.571. The number of carboxylic acids is 1. The van der Waals surface area contributed by atoms with Crippen LogP contribution < -0.4 is 4.74 Å². The summed E-state index contributed by atoms with van der Waals surface area (Å²) in [6.07, 6.45) is 0. The van der Waals surface area contributed by atoms with Gasteiger partial charge < -0.3 is 9.84 Å². The Morgan fingerprint density at radius 2 is 2.29 bits per heavy atom. The van der Waals surface area contributed by atoms with Gasteiger partial charge in [0.25, 0.3) is 0 Å². The number of rotatable bonds is 5. The van der Waals surface area contributed by atoms with Crippen LogP contribution in [0.25, 0.3) is 0 Å². The number of halogens is 2. The number of carbonyl (C=O) groups is 1. The van der Waals surface area contributed by atoms with Gasteiger partial charge in [-0.1, -0.05) is 6.07 Å². The maximum absolute atomic E-state index is 13.2. The molecule has 1 N–H and O–H groups in total. The Hall–Kier alpha value is -1.89. The molecule has 1 rings (SSSR count). The van der Waals surface area contributed by atoms with Crippen LogP contribution in [0.4, 0.5) is 10.1 Å². The number of benzene rings is 1. The summed E-state index contributed by atoms with van der Waals surface area (Å²) in [5.41, 5.74) is -0.584. The lowest BCUT2D eigenvalue weighted by atomic mass is 10.3. The number of aliphatic carboxylic acids is 1. The molecule has 0 aromatic heterocycles. The zero-order chi connectivity index (χ0) is 13.0. The summed E-state index contributed by atoms with van der Waals surface area (Å²) < 4.78 is 18.0. The number of nitro groups is 1. The van der Waals surface area contributed by atoms with Crippen molar-refractivity contribution in [3.63, 3.8) is 0 Å². The van der Waals surface area contributed by atoms with Gasteiger partial charge in [0.1, 0.15) is 6.61 Å². The molecule has 8 heteroatoms. The molecule has 92 valence electrons. The lowest BCUT2D eigenvalue weighted by molar-refractivity contribution is -0.386. The van der Waals surface area contributed by atoms with E-state index in [9.17, 15) is 19.3 Å². The van der Waals surface area contributed by atoms with Gasteiger partial charge in [0.15, 0.2) is 11.2 Å². The van der Waals surface area contributed by atoms with Crippen molar-refractivity contribution in [1.82, 2.24) is 0 Å². The largest absolute Gasteiger partial charge is 0.483 e. The van der Waals surface area contributed by atoms with Crippen LogP contribution in [0.1, 0.15) is 0 Å². The normalized spacial score (nSPS) is 11.9. The summed E-state index contributed by atoms with van der Waals surface area (Å²) in [6, 6.07) is 3.16. The van der Waals surface area contributed by atoms with Gasteiger partial charge in [-0.15, -0.1) is 11.6 Å². The average Bonchev–Trinajstić information content (AvgIpc) is 2.26. The molecular formula is C9H7ClFNO5. The standard InChI is InChI=1S/C9H7ClFNO5/c10-5(9(13)14)4-17-8-6(11)2-1-3-7(8)12(15)16/h1-3,5H,4H2,(H,13,14). The lowest BCUT2D eigenvalue weighted by Crippen LogP contribution is -2.22. The molecule has 17 heavy (non-hydrogen) atoms. The zero-order valence-electron chi connectivity index (χ0n) is 8.30. The molecule has 0 saturated carbocycles. The maximum atomic E-state index is 13.2. The Bertz CT molecular complexity index is 453. The first kappa shape index (κ1) is 13.2. The van der Waals surface area contributed by atoms with Crippen LogP contribution in [0.2, 0.25) is 0 Å². The molecule has 0 amide bonds. The predicted octanol–water partition coefficient (Wildman–Crippen LogP) is 1.80. The molecule has 1 atom stereocenters. The summed E-state index contributed by atoms with van der Waals surface area (Å²) in [5, 5.41) is 17.6. The molecule has 1 unspecified atom stereocenters. The van der Waals surface area contributed by atoms with Crippen LogP contribution in [-0.4, -0.2) is 28.0 Å². The number of nitro benzene ring substituents is 1. The Balaban J connectivity index is 2.90. The topological polar surface area (TPSA) is 89.7 Å². The van der Waals surface area contributed by atoms with Gasteiger partial charge in [0.05, 0.1) is 4.92 Å². The van der Waals surface area contributed by atoms with Crippen molar-refractivity contribution in [1.29, 1.82) is 0 Å². The molecule has 0 saturated heterocycles. The van der Waals surface area contributed by atoms with Gasteiger partial charge in [-0.25, -0.2) is 4.39 Å². The number of para-hydroxylation sites is 1. The molecule has 0 heterocycles. The molecule has 0 aliphatic rings. The van der Waals surface area contributed by atoms with E-state index < -0.39 is 40.1 Å². The van der Waals surface area contributed by atoms with Gasteiger partial charge in [-0.2, -0.15) is 0 Å². The van der Waals surface area contributed by atoms with Gasteiger partial charge in [-0.05, 0) is 6.07 Å². The summed E-state index contributed by atoms with van der Waals surface area (Å²) in [5.74, 6) is -2.93. The zero-order valence-corrected chi connectivity index (χ0v) is 9.06. The molecular weight excluding hydrogens is 257 g/mol. The second-order valence-electron chi connectivity index (χ2n) is 2.96. The first-order valence-electron chi connectivity index (χ1n) is 4.36. The fourth-order valence-electron chi connectivity index (χ4n) is 1.01. The molecule has 0 aliphatic heterocycles. The van der Waals surface area contributed by atoms with Gasteiger partial charge in [0, 0.05) is 6.07 Å². The quantitative estimate of drug-likeness (QED) is 0.497. The number of hydrogen-bond donors (Lipinski definition) is 1. The van der Waals surface area contributed by atoms with Gasteiger partial charge in [-0.3, -0.25) is 14.9 Å². The summed E-state index contributed by atoms with van der Waals surface area (Å²) in [4.78, 5) is 20.1. The minimum Gasteiger partial charge on any atom is -0.483 e. The van der Waals surface area contributed by atoms with Crippen molar-refractivity contribution in [2.24, 2.45) is 0 Å². The third kappa shape index (κ3) is 3.28. The lowest BCUT2D eigenvalue weighted by Gasteiger charge is -2.08. The summed E-state index contributed by atoms with van der Waals surface area (Å²) in [7, 11) is 0. The molecule has 0 aliphatic carbocycles. The molecule has 0 spiro atoms. The Morgan fingerprint density at radius 1 is 1.65 bits per heavy atom. The van der Waals surface area contributed by atoms with Crippen LogP contribution in [-0.2, 0) is 4.79 Å². The van der Waals surface area contributed by atoms with Crippen LogP contribution in [0, 0.1) is 15.9 Å². The third-order valence-electron chi connectivity index (χ3n) is 1.78. The van der Waals surface area contributed by atoms with E-state index in [0.29, 0.717) is 0 Å². The fraction of sp³-hybridized carbons (Fsp3) is 0.222. The smallest absolute Gasteiger partial charge is 0.325 e. The van der Waals surface area contributed by atoms with E-state index in [1.54, 1.807) is 0 Å². The molecule has 0 fully saturated rings. The molecule has 1 aromatic carbocycles. The molecule has 0 bridgehead atoms. The first-order valence-corrected chi connectivity index (χ1v) is 4.79. The van der Waals surface area contributed by atoms with Crippen molar-refractivity contribution >= 4 is 23.3 Å². The van der Waals surface area contributed by atoms with Crippen molar-refractivity contribution in [2.45, 2.75) is 5.38 Å². The van der Waals surface area contributed by atoms with Crippen LogP contribution in [0.5, 0.6) is 5.75 Å². The predicted molar refractivity (Wildman–Crippen MR) is 55.8 cm³/mol. The van der Waals surface area contributed by atoms with E-state index in [1.807, 2.05) is 0 Å². The van der Waals surface area contributed by atoms with Crippen molar-refractivity contribution in [3.8, 4) is 5.75 Å². The first-order chi connectivity index (χ1) is 7.93. The highest BCUT2D eigenvalue weighted by Crippen LogP contribution is 2.29. The maximum Gasteiger partial charge on any atom is 0.325 e. The Kier molecular flexibility index (Phi) is 4.22. The monoisotopic (exact) mass is 263 g/mol. The van der Waals surface area contributed by atoms with E-state index in [1.165, 1.54) is 0 Å². The van der Waals surface area contributed by atoms with Crippen molar-refractivity contribution in [3.05, 3.63) is 34.1 Å². The Morgan fingerprint density at radius 3 is 2.82 bits per heavy atom. The SMILES string of the molecule is O=C(O)C(Cl)COc1c(F)cccc1[N+](=O)[O-]. The fourth-order valence-corrected chi connectivity index (χ4v) is 1.07. The van der Waals surface area contributed by atoms with E-state index >= 15 is 0 Å². The highest BCUT2D eigenvalue weighted by Gasteiger charge is 2.22. The van der Waals surface area contributed by atoms with Gasteiger partial charge in [0.2, 0.25) is 5.75 Å². The van der Waals surface area contributed by atoms with Crippen molar-refractivity contribution in [2.75, 3.05) is 6.61 Å².